The second-order valence-corrected chi connectivity index (χ2v) is 4.17. The fraction of sp³-hybridized carbons (Fsp3) is 0.500. The van der Waals surface area contributed by atoms with Crippen LogP contribution in [0, 0.1) is 0 Å². The fourth-order valence-electron chi connectivity index (χ4n) is 1.42. The summed E-state index contributed by atoms with van der Waals surface area (Å²) in [5.41, 5.74) is 1.21. The summed E-state index contributed by atoms with van der Waals surface area (Å²) in [5, 5.41) is 2.86. The molecule has 0 aliphatic carbocycles. The molecule has 0 saturated carbocycles. The number of rotatable bonds is 6. The zero-order valence-electron chi connectivity index (χ0n) is 10.8. The van der Waals surface area contributed by atoms with Gasteiger partial charge in [-0.3, -0.25) is 4.79 Å². The van der Waals surface area contributed by atoms with E-state index in [0.717, 1.165) is 18.6 Å². The second-order valence-electron chi connectivity index (χ2n) is 4.17. The van der Waals surface area contributed by atoms with Gasteiger partial charge in [-0.25, -0.2) is 0 Å². The fourth-order valence-corrected chi connectivity index (χ4v) is 1.42. The molecule has 1 amide bonds. The molecule has 0 heterocycles. The third-order valence-corrected chi connectivity index (χ3v) is 2.70. The lowest BCUT2D eigenvalue weighted by Crippen LogP contribution is -2.35. The van der Waals surface area contributed by atoms with Crippen LogP contribution < -0.4 is 10.1 Å². The molecule has 1 aromatic carbocycles. The van der Waals surface area contributed by atoms with Crippen LogP contribution in [0.1, 0.15) is 32.8 Å². The van der Waals surface area contributed by atoms with Gasteiger partial charge < -0.3 is 10.1 Å². The van der Waals surface area contributed by atoms with Crippen LogP contribution in [0.2, 0.25) is 0 Å². The largest absolute Gasteiger partial charge is 0.484 e. The Morgan fingerprint density at radius 1 is 1.41 bits per heavy atom. The molecule has 0 bridgehead atoms. The summed E-state index contributed by atoms with van der Waals surface area (Å²) in [6.45, 7) is 6.19. The maximum absolute atomic E-state index is 11.5. The predicted molar refractivity (Wildman–Crippen MR) is 69.2 cm³/mol. The number of carbonyl (C=O) groups excluding carboxylic acids is 1. The van der Waals surface area contributed by atoms with Gasteiger partial charge >= 0.3 is 0 Å². The van der Waals surface area contributed by atoms with E-state index in [4.69, 9.17) is 4.74 Å². The van der Waals surface area contributed by atoms with Crippen molar-refractivity contribution >= 4 is 5.91 Å². The molecule has 1 aromatic rings. The molecule has 1 rings (SSSR count). The molecule has 0 unspecified atom stereocenters. The minimum Gasteiger partial charge on any atom is -0.484 e. The van der Waals surface area contributed by atoms with E-state index in [1.54, 1.807) is 0 Å². The summed E-state index contributed by atoms with van der Waals surface area (Å²) in [4.78, 5) is 11.5. The van der Waals surface area contributed by atoms with Gasteiger partial charge in [0.1, 0.15) is 5.75 Å². The Morgan fingerprint density at radius 2 is 2.18 bits per heavy atom. The van der Waals surface area contributed by atoms with Gasteiger partial charge in [0.2, 0.25) is 0 Å². The smallest absolute Gasteiger partial charge is 0.258 e. The Balaban J connectivity index is 2.41. The predicted octanol–water partition coefficient (Wildman–Crippen LogP) is 2.54. The summed E-state index contributed by atoms with van der Waals surface area (Å²) in [6, 6.07) is 8.03. The number of carbonyl (C=O) groups is 1. The van der Waals surface area contributed by atoms with Crippen LogP contribution in [0.3, 0.4) is 0 Å². The number of benzene rings is 1. The lowest BCUT2D eigenvalue weighted by atomic mass is 10.2. The first-order valence-electron chi connectivity index (χ1n) is 6.16. The molecule has 3 nitrogen and oxygen atoms in total. The van der Waals surface area contributed by atoms with Gasteiger partial charge in [-0.05, 0) is 37.5 Å². The molecule has 3 heteroatoms. The van der Waals surface area contributed by atoms with Crippen molar-refractivity contribution in [1.29, 1.82) is 0 Å². The van der Waals surface area contributed by atoms with Crippen molar-refractivity contribution in [3.05, 3.63) is 29.8 Å². The lowest BCUT2D eigenvalue weighted by molar-refractivity contribution is -0.123. The van der Waals surface area contributed by atoms with Crippen molar-refractivity contribution in [2.45, 2.75) is 39.7 Å². The Bertz CT molecular complexity index is 363. The highest BCUT2D eigenvalue weighted by Gasteiger charge is 2.06. The van der Waals surface area contributed by atoms with Crippen molar-refractivity contribution in [2.24, 2.45) is 0 Å². The molecule has 94 valence electrons. The molecule has 0 saturated heterocycles. The molecule has 0 spiro atoms. The van der Waals surface area contributed by atoms with Gasteiger partial charge in [0.15, 0.2) is 6.61 Å². The van der Waals surface area contributed by atoms with Crippen LogP contribution in [0.4, 0.5) is 0 Å². The van der Waals surface area contributed by atoms with Gasteiger partial charge in [0.25, 0.3) is 5.91 Å². The maximum atomic E-state index is 11.5. The Kier molecular flexibility index (Phi) is 5.53. The van der Waals surface area contributed by atoms with Crippen molar-refractivity contribution in [3.63, 3.8) is 0 Å². The van der Waals surface area contributed by atoms with E-state index in [0.29, 0.717) is 0 Å². The first kappa shape index (κ1) is 13.6. The monoisotopic (exact) mass is 235 g/mol. The van der Waals surface area contributed by atoms with Crippen molar-refractivity contribution in [2.75, 3.05) is 6.61 Å². The molecule has 17 heavy (non-hydrogen) atoms. The van der Waals surface area contributed by atoms with E-state index >= 15 is 0 Å². The van der Waals surface area contributed by atoms with E-state index < -0.39 is 0 Å². The summed E-state index contributed by atoms with van der Waals surface area (Å²) in [7, 11) is 0. The minimum absolute atomic E-state index is 0.0683. The Labute approximate surface area is 103 Å². The van der Waals surface area contributed by atoms with Crippen LogP contribution in [-0.2, 0) is 11.2 Å². The zero-order chi connectivity index (χ0) is 12.7. The standard InChI is InChI=1S/C14H21NO2/c1-4-11(3)15-14(16)10-17-13-8-6-7-12(5-2)9-13/h6-9,11H,4-5,10H2,1-3H3,(H,15,16)/t11-/m0/s1. The third kappa shape index (κ3) is 4.89. The average Bonchev–Trinajstić information content (AvgIpc) is 2.36. The molecule has 0 fully saturated rings. The molecule has 0 aliphatic heterocycles. The summed E-state index contributed by atoms with van der Waals surface area (Å²) >= 11 is 0. The summed E-state index contributed by atoms with van der Waals surface area (Å²) in [6.07, 6.45) is 1.90. The van der Waals surface area contributed by atoms with Crippen molar-refractivity contribution < 1.29 is 9.53 Å². The van der Waals surface area contributed by atoms with Crippen molar-refractivity contribution in [3.8, 4) is 5.75 Å². The second kappa shape index (κ2) is 6.94. The quantitative estimate of drug-likeness (QED) is 0.823. The van der Waals surface area contributed by atoms with E-state index in [2.05, 4.69) is 12.2 Å². The number of ether oxygens (including phenoxy) is 1. The highest BCUT2D eigenvalue weighted by atomic mass is 16.5. The lowest BCUT2D eigenvalue weighted by Gasteiger charge is -2.12. The summed E-state index contributed by atoms with van der Waals surface area (Å²) < 4.78 is 5.44. The molecule has 0 aliphatic rings. The average molecular weight is 235 g/mol. The van der Waals surface area contributed by atoms with Crippen molar-refractivity contribution in [1.82, 2.24) is 5.32 Å². The first-order chi connectivity index (χ1) is 8.15. The third-order valence-electron chi connectivity index (χ3n) is 2.70. The highest BCUT2D eigenvalue weighted by Crippen LogP contribution is 2.13. The zero-order valence-corrected chi connectivity index (χ0v) is 10.8. The van der Waals surface area contributed by atoms with Crippen LogP contribution in [0.5, 0.6) is 5.75 Å². The Hall–Kier alpha value is -1.51. The number of aryl methyl sites for hydroxylation is 1. The van der Waals surface area contributed by atoms with E-state index in [1.807, 2.05) is 38.1 Å². The molecule has 0 radical (unpaired) electrons. The molecular weight excluding hydrogens is 214 g/mol. The van der Waals surface area contributed by atoms with Gasteiger partial charge in [-0.15, -0.1) is 0 Å². The van der Waals surface area contributed by atoms with Gasteiger partial charge in [-0.2, -0.15) is 0 Å². The van der Waals surface area contributed by atoms with E-state index in [1.165, 1.54) is 5.56 Å². The molecular formula is C14H21NO2. The number of nitrogens with one attached hydrogen (secondary N) is 1. The van der Waals surface area contributed by atoms with Crippen LogP contribution in [0.25, 0.3) is 0 Å². The van der Waals surface area contributed by atoms with Gasteiger partial charge in [-0.1, -0.05) is 26.0 Å². The van der Waals surface area contributed by atoms with E-state index in [-0.39, 0.29) is 18.6 Å². The number of amides is 1. The SMILES string of the molecule is CCc1cccc(OCC(=O)N[C@@H](C)CC)c1. The normalized spacial score (nSPS) is 11.9. The Morgan fingerprint density at radius 3 is 2.82 bits per heavy atom. The topological polar surface area (TPSA) is 38.3 Å². The molecule has 1 atom stereocenters. The molecule has 1 N–H and O–H groups in total. The highest BCUT2D eigenvalue weighted by molar-refractivity contribution is 5.77. The maximum Gasteiger partial charge on any atom is 0.258 e. The van der Waals surface area contributed by atoms with Gasteiger partial charge in [0.05, 0.1) is 0 Å². The van der Waals surface area contributed by atoms with Gasteiger partial charge in [0, 0.05) is 6.04 Å². The minimum atomic E-state index is -0.0683. The summed E-state index contributed by atoms with van der Waals surface area (Å²) in [5.74, 6) is 0.685. The number of hydrogen-bond acceptors (Lipinski definition) is 2. The first-order valence-corrected chi connectivity index (χ1v) is 6.16. The van der Waals surface area contributed by atoms with Crippen LogP contribution in [0.15, 0.2) is 24.3 Å². The van der Waals surface area contributed by atoms with E-state index in [9.17, 15) is 4.79 Å². The van der Waals surface area contributed by atoms with Crippen LogP contribution in [-0.4, -0.2) is 18.6 Å². The molecule has 0 aromatic heterocycles. The number of hydrogen-bond donors (Lipinski definition) is 1. The van der Waals surface area contributed by atoms with Crippen LogP contribution >= 0.6 is 0 Å².